The van der Waals surface area contributed by atoms with E-state index < -0.39 is 0 Å². The molecular weight excluding hydrogens is 323 g/mol. The van der Waals surface area contributed by atoms with Crippen LogP contribution in [0.25, 0.3) is 0 Å². The molecule has 2 N–H and O–H groups in total. The van der Waals surface area contributed by atoms with Gasteiger partial charge in [-0.3, -0.25) is 4.79 Å². The third-order valence-electron chi connectivity index (χ3n) is 2.45. The number of halogens is 1. The molecule has 1 aromatic heterocycles. The zero-order chi connectivity index (χ0) is 10.7. The quantitative estimate of drug-likeness (QED) is 0.812. The second-order valence-electron chi connectivity index (χ2n) is 3.60. The van der Waals surface area contributed by atoms with E-state index in [4.69, 9.17) is 0 Å². The number of hydrogen-bond donors (Lipinski definition) is 2. The number of nitrogens with one attached hydrogen (secondary N) is 2. The molecule has 1 amide bonds. The first kappa shape index (κ1) is 11.3. The Morgan fingerprint density at radius 1 is 1.60 bits per heavy atom. The van der Waals surface area contributed by atoms with Crippen molar-refractivity contribution >= 4 is 39.8 Å². The monoisotopic (exact) mass is 336 g/mol. The fraction of sp³-hybridized carbons (Fsp3) is 0.500. The van der Waals surface area contributed by atoms with Gasteiger partial charge in [0.1, 0.15) is 0 Å². The third kappa shape index (κ3) is 3.15. The van der Waals surface area contributed by atoms with Crippen molar-refractivity contribution in [2.45, 2.75) is 6.42 Å². The number of carbonyl (C=O) groups is 1. The molecule has 0 atom stereocenters. The minimum absolute atomic E-state index is 0.194. The van der Waals surface area contributed by atoms with Crippen LogP contribution in [0.4, 0.5) is 0 Å². The summed E-state index contributed by atoms with van der Waals surface area (Å²) in [6.07, 6.45) is 0.944. The Kier molecular flexibility index (Phi) is 3.99. The van der Waals surface area contributed by atoms with Crippen LogP contribution in [0.15, 0.2) is 12.1 Å². The van der Waals surface area contributed by atoms with Crippen molar-refractivity contribution in [2.24, 2.45) is 5.92 Å². The summed E-state index contributed by atoms with van der Waals surface area (Å²) >= 11 is 4.10. The summed E-state index contributed by atoms with van der Waals surface area (Å²) in [6.45, 7) is 2.43. The van der Waals surface area contributed by atoms with E-state index in [1.807, 2.05) is 0 Å². The van der Waals surface area contributed by atoms with Crippen molar-refractivity contribution in [3.63, 3.8) is 0 Å². The second kappa shape index (κ2) is 5.27. The Morgan fingerprint density at radius 3 is 2.93 bits per heavy atom. The van der Waals surface area contributed by atoms with Crippen LogP contribution in [-0.2, 0) is 11.2 Å². The minimum Gasteiger partial charge on any atom is -0.355 e. The Labute approximate surface area is 107 Å². The molecule has 82 valence electrons. The normalized spacial score (nSPS) is 16.1. The Balaban J connectivity index is 1.68. The Morgan fingerprint density at radius 2 is 2.40 bits per heavy atom. The standard InChI is InChI=1S/C10H13IN2OS/c11-9-2-1-8(15-9)3-4-13-10(14)7-5-12-6-7/h1-2,7,12H,3-6H2,(H,13,14). The summed E-state index contributed by atoms with van der Waals surface area (Å²) in [5, 5.41) is 6.06. The third-order valence-corrected chi connectivity index (χ3v) is 4.41. The highest BCUT2D eigenvalue weighted by molar-refractivity contribution is 14.1. The SMILES string of the molecule is O=C(NCCc1ccc(I)s1)C1CNC1. The van der Waals surface area contributed by atoms with Gasteiger partial charge >= 0.3 is 0 Å². The summed E-state index contributed by atoms with van der Waals surface area (Å²) in [6, 6.07) is 4.24. The maximum atomic E-state index is 11.5. The van der Waals surface area contributed by atoms with Crippen LogP contribution in [0.3, 0.4) is 0 Å². The molecule has 15 heavy (non-hydrogen) atoms. The van der Waals surface area contributed by atoms with Gasteiger partial charge in [-0.25, -0.2) is 0 Å². The van der Waals surface area contributed by atoms with Gasteiger partial charge in [0.2, 0.25) is 5.91 Å². The number of carbonyl (C=O) groups excluding carboxylic acids is 1. The molecule has 5 heteroatoms. The van der Waals surface area contributed by atoms with Gasteiger partial charge in [-0.2, -0.15) is 0 Å². The first-order valence-electron chi connectivity index (χ1n) is 4.98. The van der Waals surface area contributed by atoms with E-state index in [1.54, 1.807) is 11.3 Å². The van der Waals surface area contributed by atoms with Crippen LogP contribution >= 0.6 is 33.9 Å². The molecule has 0 aliphatic carbocycles. The molecule has 2 heterocycles. The average Bonchev–Trinajstić information content (AvgIpc) is 2.48. The van der Waals surface area contributed by atoms with Crippen LogP contribution in [0.5, 0.6) is 0 Å². The molecule has 0 aromatic carbocycles. The zero-order valence-electron chi connectivity index (χ0n) is 8.25. The number of rotatable bonds is 4. The van der Waals surface area contributed by atoms with E-state index >= 15 is 0 Å². The van der Waals surface area contributed by atoms with Gasteiger partial charge < -0.3 is 10.6 Å². The van der Waals surface area contributed by atoms with Gasteiger partial charge in [-0.05, 0) is 41.1 Å². The lowest BCUT2D eigenvalue weighted by Crippen LogP contribution is -2.51. The van der Waals surface area contributed by atoms with E-state index in [0.717, 1.165) is 26.1 Å². The molecule has 2 rings (SSSR count). The molecular formula is C10H13IN2OS. The minimum atomic E-state index is 0.194. The lowest BCUT2D eigenvalue weighted by atomic mass is 10.0. The first-order valence-corrected chi connectivity index (χ1v) is 6.88. The molecule has 0 saturated carbocycles. The van der Waals surface area contributed by atoms with Crippen LogP contribution in [0, 0.1) is 8.80 Å². The molecule has 0 radical (unpaired) electrons. The van der Waals surface area contributed by atoms with Gasteiger partial charge in [0, 0.05) is 24.5 Å². The van der Waals surface area contributed by atoms with Crippen molar-refractivity contribution in [1.29, 1.82) is 0 Å². The van der Waals surface area contributed by atoms with Gasteiger partial charge in [0.15, 0.2) is 0 Å². The van der Waals surface area contributed by atoms with E-state index in [1.165, 1.54) is 7.76 Å². The largest absolute Gasteiger partial charge is 0.355 e. The Hall–Kier alpha value is -0.140. The maximum Gasteiger partial charge on any atom is 0.225 e. The average molecular weight is 336 g/mol. The number of hydrogen-bond acceptors (Lipinski definition) is 3. The summed E-state index contributed by atoms with van der Waals surface area (Å²) in [4.78, 5) is 12.8. The van der Waals surface area contributed by atoms with E-state index in [9.17, 15) is 4.79 Å². The molecule has 3 nitrogen and oxygen atoms in total. The topological polar surface area (TPSA) is 41.1 Å². The fourth-order valence-electron chi connectivity index (χ4n) is 1.41. The van der Waals surface area contributed by atoms with Gasteiger partial charge in [0.05, 0.1) is 8.80 Å². The van der Waals surface area contributed by atoms with Gasteiger partial charge in [0.25, 0.3) is 0 Å². The lowest BCUT2D eigenvalue weighted by molar-refractivity contribution is -0.126. The van der Waals surface area contributed by atoms with Crippen molar-refractivity contribution < 1.29 is 4.79 Å². The maximum absolute atomic E-state index is 11.5. The van der Waals surface area contributed by atoms with Gasteiger partial charge in [-0.15, -0.1) is 11.3 Å². The van der Waals surface area contributed by atoms with Crippen molar-refractivity contribution in [3.05, 3.63) is 19.9 Å². The highest BCUT2D eigenvalue weighted by Crippen LogP contribution is 2.18. The van der Waals surface area contributed by atoms with Crippen LogP contribution in [-0.4, -0.2) is 25.5 Å². The highest BCUT2D eigenvalue weighted by atomic mass is 127. The molecule has 1 saturated heterocycles. The molecule has 0 unspecified atom stereocenters. The molecule has 1 fully saturated rings. The molecule has 1 aliphatic heterocycles. The van der Waals surface area contributed by atoms with Crippen LogP contribution in [0.1, 0.15) is 4.88 Å². The predicted octanol–water partition coefficient (Wildman–Crippen LogP) is 1.23. The highest BCUT2D eigenvalue weighted by Gasteiger charge is 2.23. The van der Waals surface area contributed by atoms with E-state index in [0.29, 0.717) is 0 Å². The summed E-state index contributed by atoms with van der Waals surface area (Å²) < 4.78 is 1.30. The number of thiophene rings is 1. The van der Waals surface area contributed by atoms with E-state index in [-0.39, 0.29) is 11.8 Å². The molecule has 1 aliphatic rings. The summed E-state index contributed by atoms with van der Waals surface area (Å²) in [7, 11) is 0. The van der Waals surface area contributed by atoms with Crippen molar-refractivity contribution in [1.82, 2.24) is 10.6 Å². The molecule has 0 spiro atoms. The van der Waals surface area contributed by atoms with Crippen molar-refractivity contribution in [3.8, 4) is 0 Å². The number of amides is 1. The summed E-state index contributed by atoms with van der Waals surface area (Å²) in [5.74, 6) is 0.397. The predicted molar refractivity (Wildman–Crippen MR) is 70.1 cm³/mol. The van der Waals surface area contributed by atoms with E-state index in [2.05, 4.69) is 45.4 Å². The van der Waals surface area contributed by atoms with Crippen molar-refractivity contribution in [2.75, 3.05) is 19.6 Å². The molecule has 0 bridgehead atoms. The smallest absolute Gasteiger partial charge is 0.225 e. The Bertz CT molecular complexity index is 349. The lowest BCUT2D eigenvalue weighted by Gasteiger charge is -2.25. The van der Waals surface area contributed by atoms with Gasteiger partial charge in [-0.1, -0.05) is 0 Å². The van der Waals surface area contributed by atoms with Crippen LogP contribution in [0.2, 0.25) is 0 Å². The first-order chi connectivity index (χ1) is 7.25. The molecule has 1 aromatic rings. The zero-order valence-corrected chi connectivity index (χ0v) is 11.2. The second-order valence-corrected chi connectivity index (χ2v) is 6.66. The fourth-order valence-corrected chi connectivity index (χ4v) is 3.17. The van der Waals surface area contributed by atoms with Crippen LogP contribution < -0.4 is 10.6 Å². The summed E-state index contributed by atoms with van der Waals surface area (Å²) in [5.41, 5.74) is 0.